The normalized spacial score (nSPS) is 12.1. The van der Waals surface area contributed by atoms with E-state index < -0.39 is 5.25 Å². The molecule has 0 saturated carbocycles. The van der Waals surface area contributed by atoms with Crippen LogP contribution in [0.4, 0.5) is 5.82 Å². The second-order valence-electron chi connectivity index (χ2n) is 6.49. The minimum Gasteiger partial charge on any atom is -0.467 e. The summed E-state index contributed by atoms with van der Waals surface area (Å²) in [5.74, 6) is 0.761. The number of fused-ring (bicyclic) bond motifs is 1. The van der Waals surface area contributed by atoms with Crippen molar-refractivity contribution in [1.29, 1.82) is 0 Å². The van der Waals surface area contributed by atoms with Gasteiger partial charge in [0.1, 0.15) is 11.6 Å². The molecule has 3 heterocycles. The van der Waals surface area contributed by atoms with E-state index in [4.69, 9.17) is 16.0 Å². The summed E-state index contributed by atoms with van der Waals surface area (Å²) in [5, 5.41) is 3.64. The molecule has 0 aliphatic carbocycles. The van der Waals surface area contributed by atoms with Crippen LogP contribution in [0.1, 0.15) is 12.7 Å². The Kier molecular flexibility index (Phi) is 5.87. The van der Waals surface area contributed by atoms with Crippen LogP contribution in [0.3, 0.4) is 0 Å². The van der Waals surface area contributed by atoms with Gasteiger partial charge in [-0.25, -0.2) is 9.97 Å². The topological polar surface area (TPSA) is 90.0 Å². The minimum atomic E-state index is -0.529. The fourth-order valence-corrected chi connectivity index (χ4v) is 3.84. The quantitative estimate of drug-likeness (QED) is 0.357. The average molecular weight is 441 g/mol. The number of hydrogen-bond donors (Lipinski definition) is 1. The zero-order valence-electron chi connectivity index (χ0n) is 15.9. The number of anilines is 1. The summed E-state index contributed by atoms with van der Waals surface area (Å²) in [6, 6.07) is 14.0. The molecule has 152 valence electrons. The van der Waals surface area contributed by atoms with Gasteiger partial charge in [-0.3, -0.25) is 14.2 Å². The van der Waals surface area contributed by atoms with Gasteiger partial charge in [0.25, 0.3) is 5.56 Å². The highest BCUT2D eigenvalue weighted by atomic mass is 35.5. The zero-order chi connectivity index (χ0) is 21.1. The number of benzene rings is 1. The Morgan fingerprint density at radius 3 is 2.80 bits per heavy atom. The van der Waals surface area contributed by atoms with Crippen LogP contribution in [0, 0.1) is 0 Å². The Morgan fingerprint density at radius 2 is 2.07 bits per heavy atom. The van der Waals surface area contributed by atoms with Crippen molar-refractivity contribution in [3.05, 3.63) is 82.1 Å². The highest BCUT2D eigenvalue weighted by Gasteiger charge is 2.20. The summed E-state index contributed by atoms with van der Waals surface area (Å²) in [4.78, 5) is 34.4. The SMILES string of the molecule is CC(Sc1nc2ccccc2c(=O)n1Cc1ccco1)C(=O)Nc1ccc(Cl)cn1. The minimum absolute atomic E-state index is 0.188. The number of para-hydroxylation sites is 1. The number of nitrogens with one attached hydrogen (secondary N) is 1. The molecule has 1 amide bonds. The van der Waals surface area contributed by atoms with Crippen LogP contribution < -0.4 is 10.9 Å². The van der Waals surface area contributed by atoms with Crippen molar-refractivity contribution in [1.82, 2.24) is 14.5 Å². The largest absolute Gasteiger partial charge is 0.467 e. The summed E-state index contributed by atoms with van der Waals surface area (Å²) >= 11 is 7.02. The van der Waals surface area contributed by atoms with Crippen LogP contribution in [-0.2, 0) is 11.3 Å². The maximum absolute atomic E-state index is 13.1. The first-order chi connectivity index (χ1) is 14.5. The van der Waals surface area contributed by atoms with E-state index in [2.05, 4.69) is 15.3 Å². The molecule has 9 heteroatoms. The smallest absolute Gasteiger partial charge is 0.262 e. The number of thioether (sulfide) groups is 1. The molecule has 1 unspecified atom stereocenters. The van der Waals surface area contributed by atoms with Gasteiger partial charge in [0.15, 0.2) is 5.16 Å². The molecule has 3 aromatic heterocycles. The third-order valence-corrected chi connectivity index (χ3v) is 5.66. The van der Waals surface area contributed by atoms with E-state index in [1.165, 1.54) is 22.5 Å². The van der Waals surface area contributed by atoms with Gasteiger partial charge in [0.2, 0.25) is 5.91 Å². The molecular formula is C21H17ClN4O3S. The highest BCUT2D eigenvalue weighted by molar-refractivity contribution is 8.00. The van der Waals surface area contributed by atoms with Crippen LogP contribution in [0.2, 0.25) is 5.02 Å². The van der Waals surface area contributed by atoms with Gasteiger partial charge in [-0.15, -0.1) is 0 Å². The van der Waals surface area contributed by atoms with E-state index in [1.807, 2.05) is 6.07 Å². The number of furan rings is 1. The van der Waals surface area contributed by atoms with Crippen molar-refractivity contribution in [2.24, 2.45) is 0 Å². The summed E-state index contributed by atoms with van der Waals surface area (Å²) in [6.45, 7) is 1.97. The van der Waals surface area contributed by atoms with Crippen LogP contribution in [0.5, 0.6) is 0 Å². The lowest BCUT2D eigenvalue weighted by molar-refractivity contribution is -0.115. The second-order valence-corrected chi connectivity index (χ2v) is 8.24. The van der Waals surface area contributed by atoms with Gasteiger partial charge in [-0.05, 0) is 43.3 Å². The zero-order valence-corrected chi connectivity index (χ0v) is 17.5. The van der Waals surface area contributed by atoms with E-state index in [9.17, 15) is 9.59 Å². The number of pyridine rings is 1. The van der Waals surface area contributed by atoms with Crippen molar-refractivity contribution < 1.29 is 9.21 Å². The number of carbonyl (C=O) groups excluding carboxylic acids is 1. The van der Waals surface area contributed by atoms with Gasteiger partial charge in [0.05, 0.1) is 34.0 Å². The molecule has 0 radical (unpaired) electrons. The number of hydrogen-bond acceptors (Lipinski definition) is 6. The van der Waals surface area contributed by atoms with Crippen molar-refractivity contribution in [3.8, 4) is 0 Å². The Bertz CT molecular complexity index is 1240. The van der Waals surface area contributed by atoms with Crippen molar-refractivity contribution in [3.63, 3.8) is 0 Å². The molecule has 4 aromatic rings. The Hall–Kier alpha value is -3.10. The van der Waals surface area contributed by atoms with Crippen LogP contribution in [0.15, 0.2) is 75.4 Å². The van der Waals surface area contributed by atoms with E-state index >= 15 is 0 Å². The van der Waals surface area contributed by atoms with E-state index in [0.717, 1.165) is 0 Å². The number of carbonyl (C=O) groups is 1. The summed E-state index contributed by atoms with van der Waals surface area (Å²) in [6.07, 6.45) is 3.01. The van der Waals surface area contributed by atoms with Crippen molar-refractivity contribution in [2.75, 3.05) is 5.32 Å². The molecule has 0 aliphatic heterocycles. The van der Waals surface area contributed by atoms with Gasteiger partial charge in [-0.1, -0.05) is 35.5 Å². The summed E-state index contributed by atoms with van der Waals surface area (Å²) < 4.78 is 6.93. The summed E-state index contributed by atoms with van der Waals surface area (Å²) in [5.41, 5.74) is 0.388. The number of aromatic nitrogens is 3. The third-order valence-electron chi connectivity index (χ3n) is 4.35. The maximum Gasteiger partial charge on any atom is 0.262 e. The lowest BCUT2D eigenvalue weighted by Crippen LogP contribution is -2.27. The van der Waals surface area contributed by atoms with Gasteiger partial charge < -0.3 is 9.73 Å². The lowest BCUT2D eigenvalue weighted by Gasteiger charge is -2.15. The predicted molar refractivity (Wildman–Crippen MR) is 117 cm³/mol. The average Bonchev–Trinajstić information content (AvgIpc) is 3.26. The summed E-state index contributed by atoms with van der Waals surface area (Å²) in [7, 11) is 0. The molecule has 30 heavy (non-hydrogen) atoms. The van der Waals surface area contributed by atoms with E-state index in [1.54, 1.807) is 55.7 Å². The van der Waals surface area contributed by atoms with E-state index in [-0.39, 0.29) is 18.0 Å². The van der Waals surface area contributed by atoms with Crippen LogP contribution in [0.25, 0.3) is 10.9 Å². The second kappa shape index (κ2) is 8.73. The number of nitrogens with zero attached hydrogens (tertiary/aromatic N) is 3. The highest BCUT2D eigenvalue weighted by Crippen LogP contribution is 2.24. The fourth-order valence-electron chi connectivity index (χ4n) is 2.82. The fraction of sp³-hybridized carbons (Fsp3) is 0.143. The molecule has 1 aromatic carbocycles. The number of amides is 1. The van der Waals surface area contributed by atoms with Gasteiger partial charge in [0, 0.05) is 6.20 Å². The molecule has 0 bridgehead atoms. The molecule has 0 aliphatic rings. The lowest BCUT2D eigenvalue weighted by atomic mass is 10.2. The first-order valence-electron chi connectivity index (χ1n) is 9.12. The molecule has 1 atom stereocenters. The monoisotopic (exact) mass is 440 g/mol. The van der Waals surface area contributed by atoms with E-state index in [0.29, 0.717) is 32.7 Å². The standard InChI is InChI=1S/C21H17ClN4O3S/c1-13(19(27)25-18-9-8-14(22)11-23-18)30-21-24-17-7-3-2-6-16(17)20(28)26(21)12-15-5-4-10-29-15/h2-11,13H,12H2,1H3,(H,23,25,27). The molecule has 4 rings (SSSR count). The maximum atomic E-state index is 13.1. The Labute approximate surface area is 181 Å². The predicted octanol–water partition coefficient (Wildman–Crippen LogP) is 4.21. The molecule has 0 saturated heterocycles. The number of rotatable bonds is 6. The Balaban J connectivity index is 1.64. The first-order valence-corrected chi connectivity index (χ1v) is 10.4. The first kappa shape index (κ1) is 20.2. The molecule has 7 nitrogen and oxygen atoms in total. The molecule has 1 N–H and O–H groups in total. The van der Waals surface area contributed by atoms with Crippen LogP contribution in [-0.4, -0.2) is 25.7 Å². The third kappa shape index (κ3) is 4.39. The van der Waals surface area contributed by atoms with Gasteiger partial charge >= 0.3 is 0 Å². The van der Waals surface area contributed by atoms with Crippen molar-refractivity contribution >= 4 is 46.0 Å². The van der Waals surface area contributed by atoms with Crippen molar-refractivity contribution in [2.45, 2.75) is 23.9 Å². The Morgan fingerprint density at radius 1 is 1.23 bits per heavy atom. The molecule has 0 spiro atoms. The van der Waals surface area contributed by atoms with Gasteiger partial charge in [-0.2, -0.15) is 0 Å². The molecule has 0 fully saturated rings. The van der Waals surface area contributed by atoms with Crippen LogP contribution >= 0.6 is 23.4 Å². The number of halogens is 1. The molecular weight excluding hydrogens is 424 g/mol.